The Hall–Kier alpha value is -2.01. The highest BCUT2D eigenvalue weighted by atomic mass is 35.5. The maximum Gasteiger partial charge on any atom is 0.185 e. The summed E-state index contributed by atoms with van der Waals surface area (Å²) >= 11 is 6.10. The van der Waals surface area contributed by atoms with Crippen LogP contribution in [0.25, 0.3) is 17.0 Å². The molecule has 0 fully saturated rings. The summed E-state index contributed by atoms with van der Waals surface area (Å²) < 4.78 is 15.2. The molecule has 3 rings (SSSR count). The lowest BCUT2D eigenvalue weighted by Crippen LogP contribution is -2.00. The Bertz CT molecular complexity index is 826. The van der Waals surface area contributed by atoms with Crippen LogP contribution in [0.4, 0.5) is 4.39 Å². The Morgan fingerprint density at radius 2 is 1.85 bits per heavy atom. The molecule has 4 nitrogen and oxygen atoms in total. The predicted molar refractivity (Wildman–Crippen MR) is 75.4 cm³/mol. The summed E-state index contributed by atoms with van der Waals surface area (Å²) in [6, 6.07) is 4.92. The molecule has 0 radical (unpaired) electrons. The van der Waals surface area contributed by atoms with Crippen LogP contribution in [0.1, 0.15) is 16.7 Å². The Morgan fingerprint density at radius 3 is 2.55 bits per heavy atom. The van der Waals surface area contributed by atoms with Crippen LogP contribution in [0.15, 0.2) is 18.2 Å². The van der Waals surface area contributed by atoms with Crippen molar-refractivity contribution in [2.75, 3.05) is 0 Å². The fourth-order valence-electron chi connectivity index (χ4n) is 2.01. The second kappa shape index (κ2) is 4.52. The molecule has 2 heterocycles. The lowest BCUT2D eigenvalue weighted by Gasteiger charge is -2.05. The minimum atomic E-state index is -0.283. The van der Waals surface area contributed by atoms with Crippen molar-refractivity contribution in [3.63, 3.8) is 0 Å². The van der Waals surface area contributed by atoms with Gasteiger partial charge in [-0.3, -0.25) is 0 Å². The monoisotopic (exact) mass is 290 g/mol. The molecule has 0 aliphatic rings. The SMILES string of the molecule is Cc1ccc(-c2nnc3c(C)c(C)c(Cl)nn23)cc1F. The molecule has 0 spiro atoms. The van der Waals surface area contributed by atoms with Gasteiger partial charge in [-0.05, 0) is 38.0 Å². The summed E-state index contributed by atoms with van der Waals surface area (Å²) in [7, 11) is 0. The van der Waals surface area contributed by atoms with E-state index in [9.17, 15) is 4.39 Å². The van der Waals surface area contributed by atoms with E-state index >= 15 is 0 Å². The van der Waals surface area contributed by atoms with Crippen LogP contribution in [0.2, 0.25) is 5.15 Å². The van der Waals surface area contributed by atoms with E-state index in [0.717, 1.165) is 11.1 Å². The van der Waals surface area contributed by atoms with E-state index in [0.29, 0.717) is 27.8 Å². The number of hydrogen-bond acceptors (Lipinski definition) is 3. The highest BCUT2D eigenvalue weighted by molar-refractivity contribution is 6.30. The third-order valence-electron chi connectivity index (χ3n) is 3.47. The van der Waals surface area contributed by atoms with E-state index in [-0.39, 0.29) is 5.82 Å². The van der Waals surface area contributed by atoms with Crippen LogP contribution < -0.4 is 0 Å². The first-order valence-electron chi connectivity index (χ1n) is 6.13. The predicted octanol–water partition coefficient (Wildman–Crippen LogP) is 3.51. The molecule has 0 N–H and O–H groups in total. The summed E-state index contributed by atoms with van der Waals surface area (Å²) in [6.45, 7) is 5.50. The number of rotatable bonds is 1. The highest BCUT2D eigenvalue weighted by Gasteiger charge is 2.15. The Labute approximate surface area is 120 Å². The molecule has 0 saturated carbocycles. The molecule has 2 aromatic heterocycles. The molecule has 20 heavy (non-hydrogen) atoms. The summed E-state index contributed by atoms with van der Waals surface area (Å²) in [6.07, 6.45) is 0. The largest absolute Gasteiger partial charge is 0.207 e. The summed E-state index contributed by atoms with van der Waals surface area (Å²) in [5, 5.41) is 12.9. The van der Waals surface area contributed by atoms with Crippen molar-refractivity contribution in [3.05, 3.63) is 45.9 Å². The van der Waals surface area contributed by atoms with Gasteiger partial charge in [0.15, 0.2) is 16.6 Å². The number of fused-ring (bicyclic) bond motifs is 1. The van der Waals surface area contributed by atoms with Gasteiger partial charge >= 0.3 is 0 Å². The molecule has 1 aromatic carbocycles. The van der Waals surface area contributed by atoms with E-state index in [1.807, 2.05) is 13.8 Å². The first-order valence-corrected chi connectivity index (χ1v) is 6.51. The van der Waals surface area contributed by atoms with Crippen LogP contribution in [0.5, 0.6) is 0 Å². The average Bonchev–Trinajstić information content (AvgIpc) is 2.83. The van der Waals surface area contributed by atoms with Gasteiger partial charge in [-0.2, -0.15) is 9.61 Å². The molecule has 0 atom stereocenters. The van der Waals surface area contributed by atoms with Crippen LogP contribution in [0.3, 0.4) is 0 Å². The zero-order valence-corrected chi connectivity index (χ0v) is 12.0. The molecule has 0 unspecified atom stereocenters. The van der Waals surface area contributed by atoms with Gasteiger partial charge in [-0.15, -0.1) is 10.2 Å². The van der Waals surface area contributed by atoms with Gasteiger partial charge in [0, 0.05) is 11.1 Å². The molecule has 0 saturated heterocycles. The number of benzene rings is 1. The molecular weight excluding hydrogens is 279 g/mol. The minimum Gasteiger partial charge on any atom is -0.207 e. The van der Waals surface area contributed by atoms with Gasteiger partial charge in [0.2, 0.25) is 0 Å². The summed E-state index contributed by atoms with van der Waals surface area (Å²) in [5.41, 5.74) is 3.61. The molecule has 0 bridgehead atoms. The van der Waals surface area contributed by atoms with Gasteiger partial charge in [-0.1, -0.05) is 23.7 Å². The molecule has 0 aliphatic carbocycles. The maximum atomic E-state index is 13.7. The highest BCUT2D eigenvalue weighted by Crippen LogP contribution is 2.24. The van der Waals surface area contributed by atoms with Crippen molar-refractivity contribution >= 4 is 17.2 Å². The zero-order valence-electron chi connectivity index (χ0n) is 11.3. The Morgan fingerprint density at radius 1 is 1.10 bits per heavy atom. The Balaban J connectivity index is 2.29. The van der Waals surface area contributed by atoms with Crippen molar-refractivity contribution in [1.29, 1.82) is 0 Å². The van der Waals surface area contributed by atoms with E-state index < -0.39 is 0 Å². The van der Waals surface area contributed by atoms with Crippen LogP contribution in [-0.2, 0) is 0 Å². The van der Waals surface area contributed by atoms with Crippen molar-refractivity contribution in [3.8, 4) is 11.4 Å². The molecular formula is C14H12ClFN4. The van der Waals surface area contributed by atoms with Crippen molar-refractivity contribution in [1.82, 2.24) is 19.8 Å². The first kappa shape index (κ1) is 13.0. The lowest BCUT2D eigenvalue weighted by molar-refractivity contribution is 0.619. The molecule has 102 valence electrons. The van der Waals surface area contributed by atoms with Crippen molar-refractivity contribution < 1.29 is 4.39 Å². The Kier molecular flexibility index (Phi) is 2.94. The molecule has 0 amide bonds. The fraction of sp³-hybridized carbons (Fsp3) is 0.214. The second-order valence-electron chi connectivity index (χ2n) is 4.76. The molecule has 3 aromatic rings. The number of halogens is 2. The maximum absolute atomic E-state index is 13.7. The number of aryl methyl sites for hydroxylation is 2. The lowest BCUT2D eigenvalue weighted by atomic mass is 10.1. The van der Waals surface area contributed by atoms with Gasteiger partial charge in [0.05, 0.1) is 0 Å². The van der Waals surface area contributed by atoms with E-state index in [1.165, 1.54) is 6.07 Å². The van der Waals surface area contributed by atoms with Crippen molar-refractivity contribution in [2.24, 2.45) is 0 Å². The van der Waals surface area contributed by atoms with E-state index in [1.54, 1.807) is 23.6 Å². The summed E-state index contributed by atoms with van der Waals surface area (Å²) in [4.78, 5) is 0. The summed E-state index contributed by atoms with van der Waals surface area (Å²) in [5.74, 6) is 0.193. The van der Waals surface area contributed by atoms with Crippen molar-refractivity contribution in [2.45, 2.75) is 20.8 Å². The smallest absolute Gasteiger partial charge is 0.185 e. The van der Waals surface area contributed by atoms with E-state index in [4.69, 9.17) is 11.6 Å². The quantitative estimate of drug-likeness (QED) is 0.689. The number of aromatic nitrogens is 4. The zero-order chi connectivity index (χ0) is 14.4. The normalized spacial score (nSPS) is 11.2. The standard InChI is InChI=1S/C14H12ClFN4/c1-7-4-5-10(6-11(7)16)14-18-17-13-9(3)8(2)12(15)19-20(13)14/h4-6H,1-3H3. The van der Waals surface area contributed by atoms with Crippen LogP contribution in [-0.4, -0.2) is 19.8 Å². The van der Waals surface area contributed by atoms with Crippen LogP contribution in [0, 0.1) is 26.6 Å². The van der Waals surface area contributed by atoms with Gasteiger partial charge in [0.25, 0.3) is 0 Å². The fourth-order valence-corrected chi connectivity index (χ4v) is 2.22. The number of hydrogen-bond donors (Lipinski definition) is 0. The second-order valence-corrected chi connectivity index (χ2v) is 5.12. The average molecular weight is 291 g/mol. The third kappa shape index (κ3) is 1.86. The van der Waals surface area contributed by atoms with E-state index in [2.05, 4.69) is 15.3 Å². The van der Waals surface area contributed by atoms with Gasteiger partial charge in [0.1, 0.15) is 5.82 Å². The van der Waals surface area contributed by atoms with Crippen LogP contribution >= 0.6 is 11.6 Å². The first-order chi connectivity index (χ1) is 9.49. The van der Waals surface area contributed by atoms with Gasteiger partial charge < -0.3 is 0 Å². The molecule has 6 heteroatoms. The topological polar surface area (TPSA) is 43.1 Å². The third-order valence-corrected chi connectivity index (χ3v) is 3.82. The number of nitrogens with zero attached hydrogens (tertiary/aromatic N) is 4. The molecule has 0 aliphatic heterocycles. The minimum absolute atomic E-state index is 0.283. The van der Waals surface area contributed by atoms with Gasteiger partial charge in [-0.25, -0.2) is 4.39 Å².